The van der Waals surface area contributed by atoms with Crippen molar-refractivity contribution in [3.63, 3.8) is 0 Å². The average molecular weight is 185 g/mol. The zero-order chi connectivity index (χ0) is 8.97. The van der Waals surface area contributed by atoms with E-state index >= 15 is 0 Å². The van der Waals surface area contributed by atoms with Gasteiger partial charge in [0.15, 0.2) is 0 Å². The van der Waals surface area contributed by atoms with Gasteiger partial charge >= 0.3 is 0 Å². The summed E-state index contributed by atoms with van der Waals surface area (Å²) in [5.41, 5.74) is 5.58. The number of rotatable bonds is 3. The van der Waals surface area contributed by atoms with Crippen LogP contribution in [-0.4, -0.2) is 4.99 Å². The van der Waals surface area contributed by atoms with Gasteiger partial charge in [-0.2, -0.15) is 0 Å². The lowest BCUT2D eigenvalue weighted by Crippen LogP contribution is -2.22. The average Bonchev–Trinajstić information content (AvgIpc) is 2.06. The minimum atomic E-state index is 0.447. The maximum absolute atomic E-state index is 5.58. The van der Waals surface area contributed by atoms with Gasteiger partial charge in [-0.3, -0.25) is 0 Å². The van der Waals surface area contributed by atoms with Crippen LogP contribution in [-0.2, 0) is 0 Å². The van der Waals surface area contributed by atoms with E-state index in [2.05, 4.69) is 6.92 Å². The van der Waals surface area contributed by atoms with Crippen LogP contribution in [0.2, 0.25) is 0 Å². The SMILES string of the molecule is CC(CC1CCCCC1)C(N)=S. The molecule has 1 nitrogen and oxygen atoms in total. The van der Waals surface area contributed by atoms with Crippen LogP contribution < -0.4 is 5.73 Å². The Morgan fingerprint density at radius 1 is 1.42 bits per heavy atom. The van der Waals surface area contributed by atoms with Crippen LogP contribution >= 0.6 is 12.2 Å². The van der Waals surface area contributed by atoms with E-state index in [-0.39, 0.29) is 0 Å². The Morgan fingerprint density at radius 2 is 2.00 bits per heavy atom. The topological polar surface area (TPSA) is 26.0 Å². The molecule has 1 atom stereocenters. The van der Waals surface area contributed by atoms with Crippen molar-refractivity contribution in [3.8, 4) is 0 Å². The van der Waals surface area contributed by atoms with E-state index in [9.17, 15) is 0 Å². The fourth-order valence-electron chi connectivity index (χ4n) is 2.04. The second-order valence-electron chi connectivity index (χ2n) is 4.04. The summed E-state index contributed by atoms with van der Waals surface area (Å²) in [6.07, 6.45) is 8.26. The van der Waals surface area contributed by atoms with Crippen LogP contribution in [0, 0.1) is 11.8 Å². The minimum Gasteiger partial charge on any atom is -0.393 e. The zero-order valence-electron chi connectivity index (χ0n) is 7.88. The summed E-state index contributed by atoms with van der Waals surface area (Å²) in [4.78, 5) is 0.695. The molecule has 0 radical (unpaired) electrons. The van der Waals surface area contributed by atoms with Gasteiger partial charge in [0.1, 0.15) is 0 Å². The fourth-order valence-corrected chi connectivity index (χ4v) is 2.14. The molecular weight excluding hydrogens is 166 g/mol. The molecule has 0 aliphatic heterocycles. The molecule has 0 aromatic heterocycles. The molecule has 0 saturated heterocycles. The fraction of sp³-hybridized carbons (Fsp3) is 0.900. The highest BCUT2D eigenvalue weighted by molar-refractivity contribution is 7.80. The van der Waals surface area contributed by atoms with Crippen molar-refractivity contribution in [1.29, 1.82) is 0 Å². The molecule has 0 aromatic rings. The van der Waals surface area contributed by atoms with Crippen LogP contribution in [0.4, 0.5) is 0 Å². The van der Waals surface area contributed by atoms with Crippen molar-refractivity contribution in [2.75, 3.05) is 0 Å². The molecule has 1 rings (SSSR count). The largest absolute Gasteiger partial charge is 0.393 e. The quantitative estimate of drug-likeness (QED) is 0.684. The summed E-state index contributed by atoms with van der Waals surface area (Å²) in [7, 11) is 0. The van der Waals surface area contributed by atoms with Gasteiger partial charge < -0.3 is 5.73 Å². The van der Waals surface area contributed by atoms with Crippen molar-refractivity contribution in [3.05, 3.63) is 0 Å². The standard InChI is InChI=1S/C10H19NS/c1-8(10(11)12)7-9-5-3-2-4-6-9/h8-9H,2-7H2,1H3,(H2,11,12). The summed E-state index contributed by atoms with van der Waals surface area (Å²) in [5, 5.41) is 0. The van der Waals surface area contributed by atoms with Crippen molar-refractivity contribution in [1.82, 2.24) is 0 Å². The van der Waals surface area contributed by atoms with E-state index < -0.39 is 0 Å². The Bertz CT molecular complexity index is 150. The molecule has 1 aliphatic rings. The van der Waals surface area contributed by atoms with Gasteiger partial charge in [0, 0.05) is 5.92 Å². The zero-order valence-corrected chi connectivity index (χ0v) is 8.70. The highest BCUT2D eigenvalue weighted by atomic mass is 32.1. The molecule has 0 amide bonds. The molecule has 0 bridgehead atoms. The molecule has 0 aromatic carbocycles. The lowest BCUT2D eigenvalue weighted by atomic mass is 9.83. The summed E-state index contributed by atoms with van der Waals surface area (Å²) >= 11 is 4.96. The van der Waals surface area contributed by atoms with Crippen LogP contribution in [0.25, 0.3) is 0 Å². The maximum Gasteiger partial charge on any atom is 0.0756 e. The van der Waals surface area contributed by atoms with Gasteiger partial charge in [0.05, 0.1) is 4.99 Å². The van der Waals surface area contributed by atoms with Crippen LogP contribution in [0.15, 0.2) is 0 Å². The van der Waals surface area contributed by atoms with Gasteiger partial charge in [-0.05, 0) is 12.3 Å². The first-order valence-electron chi connectivity index (χ1n) is 4.99. The van der Waals surface area contributed by atoms with E-state index in [1.54, 1.807) is 0 Å². The molecule has 2 heteroatoms. The highest BCUT2D eigenvalue weighted by Gasteiger charge is 2.17. The third-order valence-corrected chi connectivity index (χ3v) is 3.30. The number of thiocarbonyl (C=S) groups is 1. The summed E-state index contributed by atoms with van der Waals surface area (Å²) < 4.78 is 0. The van der Waals surface area contributed by atoms with E-state index in [1.807, 2.05) is 0 Å². The highest BCUT2D eigenvalue weighted by Crippen LogP contribution is 2.28. The Labute approximate surface area is 80.7 Å². The predicted octanol–water partition coefficient (Wildman–Crippen LogP) is 2.88. The molecule has 70 valence electrons. The van der Waals surface area contributed by atoms with Gasteiger partial charge in [-0.15, -0.1) is 0 Å². The Kier molecular flexibility index (Phi) is 3.99. The molecule has 0 heterocycles. The number of hydrogen-bond donors (Lipinski definition) is 1. The van der Waals surface area contributed by atoms with Crippen molar-refractivity contribution in [2.24, 2.45) is 17.6 Å². The normalized spacial score (nSPS) is 22.1. The first-order valence-corrected chi connectivity index (χ1v) is 5.40. The first-order chi connectivity index (χ1) is 5.70. The summed E-state index contributed by atoms with van der Waals surface area (Å²) in [5.74, 6) is 1.35. The first kappa shape index (κ1) is 9.97. The third kappa shape index (κ3) is 3.10. The molecule has 0 spiro atoms. The molecule has 12 heavy (non-hydrogen) atoms. The minimum absolute atomic E-state index is 0.447. The number of hydrogen-bond acceptors (Lipinski definition) is 1. The third-order valence-electron chi connectivity index (χ3n) is 2.90. The van der Waals surface area contributed by atoms with E-state index in [1.165, 1.54) is 38.5 Å². The van der Waals surface area contributed by atoms with E-state index in [0.717, 1.165) is 5.92 Å². The molecular formula is C10H19NS. The smallest absolute Gasteiger partial charge is 0.0756 e. The van der Waals surface area contributed by atoms with Crippen LogP contribution in [0.1, 0.15) is 45.4 Å². The van der Waals surface area contributed by atoms with Crippen LogP contribution in [0.3, 0.4) is 0 Å². The predicted molar refractivity (Wildman–Crippen MR) is 57.1 cm³/mol. The van der Waals surface area contributed by atoms with Crippen molar-refractivity contribution in [2.45, 2.75) is 45.4 Å². The second-order valence-corrected chi connectivity index (χ2v) is 4.51. The molecule has 2 N–H and O–H groups in total. The molecule has 1 fully saturated rings. The van der Waals surface area contributed by atoms with Gasteiger partial charge in [-0.25, -0.2) is 0 Å². The van der Waals surface area contributed by atoms with Gasteiger partial charge in [-0.1, -0.05) is 51.2 Å². The van der Waals surface area contributed by atoms with E-state index in [0.29, 0.717) is 10.9 Å². The number of nitrogens with two attached hydrogens (primary N) is 1. The lowest BCUT2D eigenvalue weighted by Gasteiger charge is -2.23. The van der Waals surface area contributed by atoms with Gasteiger partial charge in [0.25, 0.3) is 0 Å². The summed E-state index contributed by atoms with van der Waals surface area (Å²) in [6.45, 7) is 2.15. The Balaban J connectivity index is 2.24. The monoisotopic (exact) mass is 185 g/mol. The molecule has 1 unspecified atom stereocenters. The second kappa shape index (κ2) is 4.80. The van der Waals surface area contributed by atoms with Gasteiger partial charge in [0.2, 0.25) is 0 Å². The lowest BCUT2D eigenvalue weighted by molar-refractivity contribution is 0.321. The van der Waals surface area contributed by atoms with Crippen molar-refractivity contribution >= 4 is 17.2 Å². The Hall–Kier alpha value is -0.110. The maximum atomic E-state index is 5.58. The van der Waals surface area contributed by atoms with E-state index in [4.69, 9.17) is 18.0 Å². The van der Waals surface area contributed by atoms with Crippen molar-refractivity contribution < 1.29 is 0 Å². The van der Waals surface area contributed by atoms with Crippen LogP contribution in [0.5, 0.6) is 0 Å². The summed E-state index contributed by atoms with van der Waals surface area (Å²) in [6, 6.07) is 0. The molecule has 1 aliphatic carbocycles. The molecule has 1 saturated carbocycles. The Morgan fingerprint density at radius 3 is 2.50 bits per heavy atom.